The number of hydrogen-bond donors (Lipinski definition) is 1. The summed E-state index contributed by atoms with van der Waals surface area (Å²) in [5, 5.41) is 3.28. The Kier molecular flexibility index (Phi) is 6.24. The SMILES string of the molecule is CC1(C(=O)N2CCNCC2)CCCN(C(=O)c2ccccc2)C1.Cl. The summed E-state index contributed by atoms with van der Waals surface area (Å²) in [6.45, 7) is 6.51. The molecule has 0 saturated carbocycles. The lowest BCUT2D eigenvalue weighted by Crippen LogP contribution is -2.56. The Bertz CT molecular complexity index is 575. The van der Waals surface area contributed by atoms with Crippen molar-refractivity contribution in [3.05, 3.63) is 35.9 Å². The number of nitrogens with one attached hydrogen (secondary N) is 1. The molecule has 1 N–H and O–H groups in total. The quantitative estimate of drug-likeness (QED) is 0.883. The number of halogens is 1. The molecule has 24 heavy (non-hydrogen) atoms. The molecule has 2 saturated heterocycles. The highest BCUT2D eigenvalue weighted by molar-refractivity contribution is 5.95. The molecule has 0 spiro atoms. The number of piperidine rings is 1. The minimum absolute atomic E-state index is 0. The van der Waals surface area contributed by atoms with Crippen LogP contribution in [-0.4, -0.2) is 60.9 Å². The van der Waals surface area contributed by atoms with Crippen LogP contribution in [0.2, 0.25) is 0 Å². The molecule has 2 heterocycles. The summed E-state index contributed by atoms with van der Waals surface area (Å²) in [6.07, 6.45) is 1.74. The summed E-state index contributed by atoms with van der Waals surface area (Å²) >= 11 is 0. The Hall–Kier alpha value is -1.59. The molecule has 3 rings (SSSR count). The standard InChI is InChI=1S/C18H25N3O2.ClH/c1-18(17(23)20-12-9-19-10-13-20)8-5-11-21(14-18)16(22)15-6-3-2-4-7-15;/h2-4,6-7,19H,5,8-14H2,1H3;1H. The van der Waals surface area contributed by atoms with Gasteiger partial charge in [-0.2, -0.15) is 0 Å². The van der Waals surface area contributed by atoms with E-state index in [1.807, 2.05) is 47.1 Å². The topological polar surface area (TPSA) is 52.7 Å². The van der Waals surface area contributed by atoms with Crippen molar-refractivity contribution in [3.63, 3.8) is 0 Å². The lowest BCUT2D eigenvalue weighted by atomic mass is 9.80. The fraction of sp³-hybridized carbons (Fsp3) is 0.556. The second-order valence-corrected chi connectivity index (χ2v) is 6.80. The number of amides is 2. The predicted octanol–water partition coefficient (Wildman–Crippen LogP) is 1.78. The van der Waals surface area contributed by atoms with Crippen LogP contribution < -0.4 is 5.32 Å². The monoisotopic (exact) mass is 351 g/mol. The van der Waals surface area contributed by atoms with Gasteiger partial charge in [0.1, 0.15) is 0 Å². The van der Waals surface area contributed by atoms with E-state index in [4.69, 9.17) is 0 Å². The molecule has 2 amide bonds. The maximum atomic E-state index is 12.9. The van der Waals surface area contributed by atoms with E-state index in [2.05, 4.69) is 5.32 Å². The fourth-order valence-corrected chi connectivity index (χ4v) is 3.60. The molecule has 1 atom stereocenters. The molecule has 1 aromatic rings. The molecule has 132 valence electrons. The average Bonchev–Trinajstić information content (AvgIpc) is 2.62. The Balaban J connectivity index is 0.00000208. The Morgan fingerprint density at radius 3 is 2.38 bits per heavy atom. The van der Waals surface area contributed by atoms with Crippen molar-refractivity contribution in [2.24, 2.45) is 5.41 Å². The minimum atomic E-state index is -0.458. The molecule has 0 bridgehead atoms. The first-order valence-electron chi connectivity index (χ1n) is 8.45. The van der Waals surface area contributed by atoms with Crippen molar-refractivity contribution in [2.45, 2.75) is 19.8 Å². The van der Waals surface area contributed by atoms with Crippen LogP contribution in [-0.2, 0) is 4.79 Å². The summed E-state index contributed by atoms with van der Waals surface area (Å²) < 4.78 is 0. The van der Waals surface area contributed by atoms with Crippen LogP contribution >= 0.6 is 12.4 Å². The maximum Gasteiger partial charge on any atom is 0.253 e. The minimum Gasteiger partial charge on any atom is -0.340 e. The largest absolute Gasteiger partial charge is 0.340 e. The number of nitrogens with zero attached hydrogens (tertiary/aromatic N) is 2. The van der Waals surface area contributed by atoms with Gasteiger partial charge in [0.2, 0.25) is 5.91 Å². The first-order valence-corrected chi connectivity index (χ1v) is 8.45. The highest BCUT2D eigenvalue weighted by Crippen LogP contribution is 2.32. The maximum absolute atomic E-state index is 12.9. The van der Waals surface area contributed by atoms with Crippen molar-refractivity contribution < 1.29 is 9.59 Å². The molecule has 1 aromatic carbocycles. The molecule has 0 aromatic heterocycles. The van der Waals surface area contributed by atoms with E-state index in [-0.39, 0.29) is 24.2 Å². The van der Waals surface area contributed by atoms with Crippen molar-refractivity contribution in [1.29, 1.82) is 0 Å². The van der Waals surface area contributed by atoms with Crippen molar-refractivity contribution in [3.8, 4) is 0 Å². The number of rotatable bonds is 2. The number of hydrogen-bond acceptors (Lipinski definition) is 3. The van der Waals surface area contributed by atoms with Crippen LogP contribution in [0.25, 0.3) is 0 Å². The number of carbonyl (C=O) groups excluding carboxylic acids is 2. The van der Waals surface area contributed by atoms with Crippen molar-refractivity contribution in [2.75, 3.05) is 39.3 Å². The molecule has 0 radical (unpaired) electrons. The molecule has 0 aliphatic carbocycles. The summed E-state index contributed by atoms with van der Waals surface area (Å²) in [4.78, 5) is 29.4. The van der Waals surface area contributed by atoms with E-state index in [0.29, 0.717) is 12.1 Å². The van der Waals surface area contributed by atoms with Gasteiger partial charge < -0.3 is 15.1 Å². The van der Waals surface area contributed by atoms with E-state index < -0.39 is 5.41 Å². The van der Waals surface area contributed by atoms with Crippen LogP contribution in [0.15, 0.2) is 30.3 Å². The molecule has 2 aliphatic heterocycles. The van der Waals surface area contributed by atoms with Crippen LogP contribution in [0.5, 0.6) is 0 Å². The molecule has 2 aliphatic rings. The van der Waals surface area contributed by atoms with Gasteiger partial charge in [-0.15, -0.1) is 12.4 Å². The van der Waals surface area contributed by atoms with Crippen molar-refractivity contribution >= 4 is 24.2 Å². The lowest BCUT2D eigenvalue weighted by Gasteiger charge is -2.43. The molecule has 1 unspecified atom stereocenters. The number of benzene rings is 1. The fourth-order valence-electron chi connectivity index (χ4n) is 3.60. The third kappa shape index (κ3) is 3.90. The number of likely N-dealkylation sites (tertiary alicyclic amines) is 1. The highest BCUT2D eigenvalue weighted by Gasteiger charge is 2.41. The Morgan fingerprint density at radius 1 is 1.04 bits per heavy atom. The third-order valence-electron chi connectivity index (χ3n) is 4.92. The highest BCUT2D eigenvalue weighted by atomic mass is 35.5. The van der Waals surface area contributed by atoms with Gasteiger partial charge >= 0.3 is 0 Å². The van der Waals surface area contributed by atoms with E-state index in [9.17, 15) is 9.59 Å². The molecular formula is C18H26ClN3O2. The number of carbonyl (C=O) groups is 2. The Morgan fingerprint density at radius 2 is 1.71 bits per heavy atom. The zero-order valence-corrected chi connectivity index (χ0v) is 15.0. The number of piperazine rings is 1. The van der Waals surface area contributed by atoms with E-state index in [1.165, 1.54) is 0 Å². The zero-order chi connectivity index (χ0) is 16.3. The first-order chi connectivity index (χ1) is 11.1. The first kappa shape index (κ1) is 18.7. The van der Waals surface area contributed by atoms with Crippen molar-refractivity contribution in [1.82, 2.24) is 15.1 Å². The van der Waals surface area contributed by atoms with Crippen LogP contribution in [0, 0.1) is 5.41 Å². The summed E-state index contributed by atoms with van der Waals surface area (Å²) in [7, 11) is 0. The van der Waals surface area contributed by atoms with E-state index in [1.54, 1.807) is 0 Å². The van der Waals surface area contributed by atoms with Gasteiger partial charge in [-0.05, 0) is 31.9 Å². The summed E-state index contributed by atoms with van der Waals surface area (Å²) in [5.74, 6) is 0.231. The van der Waals surface area contributed by atoms with Crippen LogP contribution in [0.4, 0.5) is 0 Å². The predicted molar refractivity (Wildman–Crippen MR) is 96.4 cm³/mol. The smallest absolute Gasteiger partial charge is 0.253 e. The second kappa shape index (κ2) is 7.99. The van der Waals surface area contributed by atoms with Gasteiger partial charge in [-0.3, -0.25) is 9.59 Å². The van der Waals surface area contributed by atoms with Gasteiger partial charge in [0.15, 0.2) is 0 Å². The van der Waals surface area contributed by atoms with E-state index >= 15 is 0 Å². The third-order valence-corrected chi connectivity index (χ3v) is 4.92. The second-order valence-electron chi connectivity index (χ2n) is 6.80. The normalized spacial score (nSPS) is 24.2. The summed E-state index contributed by atoms with van der Waals surface area (Å²) in [6, 6.07) is 9.34. The van der Waals surface area contributed by atoms with E-state index in [0.717, 1.165) is 45.6 Å². The van der Waals surface area contributed by atoms with Gasteiger partial charge in [-0.1, -0.05) is 18.2 Å². The molecular weight excluding hydrogens is 326 g/mol. The van der Waals surface area contributed by atoms with Gasteiger partial charge in [-0.25, -0.2) is 0 Å². The summed E-state index contributed by atoms with van der Waals surface area (Å²) in [5.41, 5.74) is 0.242. The average molecular weight is 352 g/mol. The van der Waals surface area contributed by atoms with Gasteiger partial charge in [0, 0.05) is 44.8 Å². The molecule has 5 nitrogen and oxygen atoms in total. The Labute approximate surface area is 149 Å². The van der Waals surface area contributed by atoms with Gasteiger partial charge in [0.25, 0.3) is 5.91 Å². The zero-order valence-electron chi connectivity index (χ0n) is 14.2. The van der Waals surface area contributed by atoms with Gasteiger partial charge in [0.05, 0.1) is 5.41 Å². The lowest BCUT2D eigenvalue weighted by molar-refractivity contribution is -0.144. The van der Waals surface area contributed by atoms with Crippen LogP contribution in [0.1, 0.15) is 30.1 Å². The molecule has 6 heteroatoms. The molecule has 2 fully saturated rings. The van der Waals surface area contributed by atoms with Crippen LogP contribution in [0.3, 0.4) is 0 Å².